The third-order valence-corrected chi connectivity index (χ3v) is 7.21. The van der Waals surface area contributed by atoms with Crippen LogP contribution in [0.4, 0.5) is 0 Å². The normalized spacial score (nSPS) is 26.1. The molecule has 1 aromatic rings. The van der Waals surface area contributed by atoms with E-state index in [1.54, 1.807) is 10.5 Å². The monoisotopic (exact) mass is 325 g/mol. The van der Waals surface area contributed by atoms with Crippen molar-refractivity contribution in [3.05, 3.63) is 17.5 Å². The van der Waals surface area contributed by atoms with E-state index in [1.807, 2.05) is 11.7 Å². The molecule has 2 heterocycles. The van der Waals surface area contributed by atoms with Gasteiger partial charge in [0.1, 0.15) is 0 Å². The third kappa shape index (κ3) is 2.70. The Balaban J connectivity index is 1.53. The SMILES string of the molecule is Cn1ncc2c1[C@H](COCC1CC1)CN(S(=O)(=O)C1CC1)C2. The number of aromatic nitrogens is 2. The van der Waals surface area contributed by atoms with Gasteiger partial charge in [0.05, 0.1) is 18.1 Å². The smallest absolute Gasteiger partial charge is 0.217 e. The van der Waals surface area contributed by atoms with Crippen LogP contribution in [0.25, 0.3) is 0 Å². The van der Waals surface area contributed by atoms with Crippen LogP contribution in [-0.4, -0.2) is 47.5 Å². The summed E-state index contributed by atoms with van der Waals surface area (Å²) in [7, 11) is -1.22. The van der Waals surface area contributed by atoms with E-state index in [2.05, 4.69) is 5.10 Å². The van der Waals surface area contributed by atoms with Crippen molar-refractivity contribution >= 4 is 10.0 Å². The minimum absolute atomic E-state index is 0.0866. The van der Waals surface area contributed by atoms with Crippen molar-refractivity contribution in [2.75, 3.05) is 19.8 Å². The summed E-state index contributed by atoms with van der Waals surface area (Å²) in [4.78, 5) is 0. The van der Waals surface area contributed by atoms with Crippen LogP contribution in [-0.2, 0) is 28.4 Å². The first-order valence-electron chi connectivity index (χ1n) is 8.13. The highest BCUT2D eigenvalue weighted by atomic mass is 32.2. The molecule has 1 atom stereocenters. The maximum atomic E-state index is 12.6. The minimum atomic E-state index is -3.14. The lowest BCUT2D eigenvalue weighted by Crippen LogP contribution is -2.41. The maximum Gasteiger partial charge on any atom is 0.217 e. The summed E-state index contributed by atoms with van der Waals surface area (Å²) in [5.74, 6) is 0.810. The Morgan fingerprint density at radius 2 is 2.05 bits per heavy atom. The van der Waals surface area contributed by atoms with E-state index >= 15 is 0 Å². The van der Waals surface area contributed by atoms with Gasteiger partial charge in [0.15, 0.2) is 0 Å². The molecular weight excluding hydrogens is 302 g/mol. The zero-order valence-corrected chi connectivity index (χ0v) is 13.8. The molecule has 7 heteroatoms. The fraction of sp³-hybridized carbons (Fsp3) is 0.800. The fourth-order valence-electron chi connectivity index (χ4n) is 3.29. The molecule has 2 saturated carbocycles. The molecule has 0 aromatic carbocycles. The lowest BCUT2D eigenvalue weighted by atomic mass is 9.99. The van der Waals surface area contributed by atoms with Crippen molar-refractivity contribution < 1.29 is 13.2 Å². The summed E-state index contributed by atoms with van der Waals surface area (Å²) in [6, 6.07) is 0. The number of ether oxygens (including phenoxy) is 1. The van der Waals surface area contributed by atoms with Crippen molar-refractivity contribution in [3.8, 4) is 0 Å². The summed E-state index contributed by atoms with van der Waals surface area (Å²) in [5.41, 5.74) is 2.16. The van der Waals surface area contributed by atoms with E-state index < -0.39 is 10.0 Å². The maximum absolute atomic E-state index is 12.6. The van der Waals surface area contributed by atoms with Crippen LogP contribution in [0, 0.1) is 5.92 Å². The molecule has 0 spiro atoms. The second-order valence-electron chi connectivity index (χ2n) is 6.89. The van der Waals surface area contributed by atoms with Crippen LogP contribution in [0.3, 0.4) is 0 Å². The third-order valence-electron chi connectivity index (χ3n) is 4.90. The van der Waals surface area contributed by atoms with Crippen LogP contribution >= 0.6 is 0 Å². The molecule has 2 aliphatic carbocycles. The predicted molar refractivity (Wildman–Crippen MR) is 81.8 cm³/mol. The van der Waals surface area contributed by atoms with E-state index in [4.69, 9.17) is 4.74 Å². The molecule has 22 heavy (non-hydrogen) atoms. The van der Waals surface area contributed by atoms with Crippen LogP contribution in [0.1, 0.15) is 42.9 Å². The zero-order chi connectivity index (χ0) is 15.3. The predicted octanol–water partition coefficient (Wildman–Crippen LogP) is 1.24. The lowest BCUT2D eigenvalue weighted by Gasteiger charge is -2.32. The van der Waals surface area contributed by atoms with Crippen molar-refractivity contribution in [1.82, 2.24) is 14.1 Å². The van der Waals surface area contributed by atoms with E-state index in [-0.39, 0.29) is 11.2 Å². The highest BCUT2D eigenvalue weighted by molar-refractivity contribution is 7.90. The summed E-state index contributed by atoms with van der Waals surface area (Å²) >= 11 is 0. The Morgan fingerprint density at radius 3 is 2.73 bits per heavy atom. The van der Waals surface area contributed by atoms with Crippen molar-refractivity contribution in [3.63, 3.8) is 0 Å². The molecule has 3 aliphatic rings. The fourth-order valence-corrected chi connectivity index (χ4v) is 5.15. The number of nitrogens with zero attached hydrogens (tertiary/aromatic N) is 3. The van der Waals surface area contributed by atoms with Crippen molar-refractivity contribution in [1.29, 1.82) is 0 Å². The van der Waals surface area contributed by atoms with Crippen molar-refractivity contribution in [2.45, 2.75) is 43.4 Å². The van der Waals surface area contributed by atoms with E-state index in [1.165, 1.54) is 12.8 Å². The molecule has 0 saturated heterocycles. The van der Waals surface area contributed by atoms with Gasteiger partial charge < -0.3 is 4.74 Å². The molecule has 0 N–H and O–H groups in total. The number of sulfonamides is 1. The molecule has 0 unspecified atom stereocenters. The van der Waals surface area contributed by atoms with Gasteiger partial charge in [-0.3, -0.25) is 4.68 Å². The summed E-state index contributed by atoms with van der Waals surface area (Å²) < 4.78 is 34.5. The summed E-state index contributed by atoms with van der Waals surface area (Å²) in [6.45, 7) is 2.37. The van der Waals surface area contributed by atoms with E-state index in [9.17, 15) is 8.42 Å². The van der Waals surface area contributed by atoms with Crippen LogP contribution in [0.15, 0.2) is 6.20 Å². The van der Waals surface area contributed by atoms with Gasteiger partial charge in [-0.25, -0.2) is 8.42 Å². The molecule has 0 radical (unpaired) electrons. The summed E-state index contributed by atoms with van der Waals surface area (Å²) in [5, 5.41) is 4.17. The average Bonchev–Trinajstić information content (AvgIpc) is 3.37. The topological polar surface area (TPSA) is 64.4 Å². The first-order valence-corrected chi connectivity index (χ1v) is 9.63. The lowest BCUT2D eigenvalue weighted by molar-refractivity contribution is 0.0997. The van der Waals surface area contributed by atoms with Crippen LogP contribution < -0.4 is 0 Å². The zero-order valence-electron chi connectivity index (χ0n) is 12.9. The number of hydrogen-bond acceptors (Lipinski definition) is 4. The van der Waals surface area contributed by atoms with Gasteiger partial charge in [-0.1, -0.05) is 0 Å². The van der Waals surface area contributed by atoms with Crippen LogP contribution in [0.2, 0.25) is 0 Å². The quantitative estimate of drug-likeness (QED) is 0.789. The molecule has 4 rings (SSSR count). The minimum Gasteiger partial charge on any atom is -0.380 e. The average molecular weight is 325 g/mol. The number of fused-ring (bicyclic) bond motifs is 1. The van der Waals surface area contributed by atoms with Crippen LogP contribution in [0.5, 0.6) is 0 Å². The largest absolute Gasteiger partial charge is 0.380 e. The second kappa shape index (κ2) is 5.32. The number of hydrogen-bond donors (Lipinski definition) is 0. The van der Waals surface area contributed by atoms with Gasteiger partial charge in [0, 0.05) is 43.9 Å². The van der Waals surface area contributed by atoms with Gasteiger partial charge >= 0.3 is 0 Å². The molecule has 1 aromatic heterocycles. The van der Waals surface area contributed by atoms with Gasteiger partial charge in [0.25, 0.3) is 0 Å². The molecule has 1 aliphatic heterocycles. The first kappa shape index (κ1) is 14.7. The standard InChI is InChI=1S/C15H23N3O3S/c1-17-15-12(6-16-17)7-18(22(19,20)14-4-5-14)8-13(15)10-21-9-11-2-3-11/h6,11,13-14H,2-5,7-10H2,1H3/t13-/m0/s1. The number of aryl methyl sites for hydroxylation is 1. The van der Waals surface area contributed by atoms with E-state index in [0.717, 1.165) is 36.6 Å². The molecule has 6 nitrogen and oxygen atoms in total. The molecule has 122 valence electrons. The Hall–Kier alpha value is -0.920. The van der Waals surface area contributed by atoms with E-state index in [0.29, 0.717) is 19.7 Å². The molecule has 0 bridgehead atoms. The Morgan fingerprint density at radius 1 is 1.27 bits per heavy atom. The van der Waals surface area contributed by atoms with Gasteiger partial charge in [-0.05, 0) is 31.6 Å². The summed E-state index contributed by atoms with van der Waals surface area (Å²) in [6.07, 6.45) is 5.95. The number of rotatable bonds is 6. The Kier molecular flexibility index (Phi) is 3.54. The van der Waals surface area contributed by atoms with Gasteiger partial charge in [-0.2, -0.15) is 9.40 Å². The Bertz CT molecular complexity index is 662. The van der Waals surface area contributed by atoms with Gasteiger partial charge in [-0.15, -0.1) is 0 Å². The van der Waals surface area contributed by atoms with Gasteiger partial charge in [0.2, 0.25) is 10.0 Å². The first-order chi connectivity index (χ1) is 10.6. The Labute approximate surface area is 131 Å². The van der Waals surface area contributed by atoms with Crippen molar-refractivity contribution in [2.24, 2.45) is 13.0 Å². The second-order valence-corrected chi connectivity index (χ2v) is 9.11. The highest BCUT2D eigenvalue weighted by Gasteiger charge is 2.43. The molecule has 0 amide bonds. The molecule has 2 fully saturated rings. The highest BCUT2D eigenvalue weighted by Crippen LogP contribution is 2.37. The molecular formula is C15H23N3O3S.